The van der Waals surface area contributed by atoms with Gasteiger partial charge in [0.15, 0.2) is 11.5 Å². The van der Waals surface area contributed by atoms with Gasteiger partial charge in [-0.2, -0.15) is 0 Å². The molecule has 5 heteroatoms. The van der Waals surface area contributed by atoms with E-state index in [1.165, 1.54) is 20.3 Å². The fourth-order valence-corrected chi connectivity index (χ4v) is 1.35. The third kappa shape index (κ3) is 2.82. The van der Waals surface area contributed by atoms with E-state index in [9.17, 15) is 4.79 Å². The Labute approximate surface area is 99.4 Å². The predicted octanol–water partition coefficient (Wildman–Crippen LogP) is 1.45. The number of rotatable bonds is 5. The second-order valence-electron chi connectivity index (χ2n) is 3.12. The predicted molar refractivity (Wildman–Crippen MR) is 63.8 cm³/mol. The largest absolute Gasteiger partial charge is 0.493 e. The molecule has 1 aromatic rings. The first-order valence-corrected chi connectivity index (χ1v) is 4.80. The molecule has 0 heterocycles. The third-order valence-electron chi connectivity index (χ3n) is 2.14. The lowest BCUT2D eigenvalue weighted by Gasteiger charge is -2.13. The Morgan fingerprint density at radius 3 is 2.47 bits per heavy atom. The maximum Gasteiger partial charge on any atom is 0.337 e. The highest BCUT2D eigenvalue weighted by Gasteiger charge is 2.15. The van der Waals surface area contributed by atoms with Gasteiger partial charge in [-0.3, -0.25) is 0 Å². The summed E-state index contributed by atoms with van der Waals surface area (Å²) in [5.74, 6) is 2.11. The van der Waals surface area contributed by atoms with Gasteiger partial charge in [-0.15, -0.1) is 6.42 Å². The molecule has 0 aliphatic rings. The van der Waals surface area contributed by atoms with Crippen LogP contribution >= 0.6 is 0 Å². The molecule has 0 amide bonds. The van der Waals surface area contributed by atoms with Gasteiger partial charge in [0.25, 0.3) is 0 Å². The minimum Gasteiger partial charge on any atom is -0.493 e. The Hall–Kier alpha value is -2.35. The van der Waals surface area contributed by atoms with E-state index in [0.717, 1.165) is 0 Å². The first kappa shape index (κ1) is 12.7. The van der Waals surface area contributed by atoms with Crippen molar-refractivity contribution in [2.45, 2.75) is 0 Å². The number of anilines is 1. The number of ether oxygens (including phenoxy) is 2. The van der Waals surface area contributed by atoms with Crippen molar-refractivity contribution < 1.29 is 19.4 Å². The minimum absolute atomic E-state index is 0.0814. The summed E-state index contributed by atoms with van der Waals surface area (Å²) in [6.45, 7) is 0.232. The summed E-state index contributed by atoms with van der Waals surface area (Å²) >= 11 is 0. The van der Waals surface area contributed by atoms with Crippen molar-refractivity contribution in [3.8, 4) is 23.8 Å². The van der Waals surface area contributed by atoms with E-state index in [4.69, 9.17) is 21.0 Å². The maximum atomic E-state index is 11.1. The average molecular weight is 235 g/mol. The van der Waals surface area contributed by atoms with Gasteiger partial charge in [0.05, 0.1) is 32.0 Å². The molecule has 17 heavy (non-hydrogen) atoms. The van der Waals surface area contributed by atoms with Crippen LogP contribution in [-0.2, 0) is 0 Å². The zero-order chi connectivity index (χ0) is 12.8. The molecule has 2 N–H and O–H groups in total. The number of terminal acetylenes is 1. The second kappa shape index (κ2) is 5.66. The van der Waals surface area contributed by atoms with Gasteiger partial charge in [-0.05, 0) is 0 Å². The summed E-state index contributed by atoms with van der Waals surface area (Å²) in [4.78, 5) is 11.1. The van der Waals surface area contributed by atoms with Crippen LogP contribution in [0.15, 0.2) is 12.1 Å². The van der Waals surface area contributed by atoms with Crippen LogP contribution in [0.5, 0.6) is 11.5 Å². The molecule has 0 aromatic heterocycles. The maximum absolute atomic E-state index is 11.1. The molecule has 0 aliphatic heterocycles. The quantitative estimate of drug-likeness (QED) is 0.756. The number of nitrogens with one attached hydrogen (secondary N) is 1. The molecule has 0 aliphatic carbocycles. The van der Waals surface area contributed by atoms with Crippen LogP contribution in [0.1, 0.15) is 10.4 Å². The monoisotopic (exact) mass is 235 g/mol. The van der Waals surface area contributed by atoms with Crippen molar-refractivity contribution in [1.82, 2.24) is 0 Å². The molecule has 1 aromatic carbocycles. The van der Waals surface area contributed by atoms with Crippen LogP contribution < -0.4 is 14.8 Å². The Bertz CT molecular complexity index is 462. The van der Waals surface area contributed by atoms with Crippen LogP contribution in [0, 0.1) is 12.3 Å². The van der Waals surface area contributed by atoms with Crippen molar-refractivity contribution in [3.63, 3.8) is 0 Å². The van der Waals surface area contributed by atoms with Crippen LogP contribution in [-0.4, -0.2) is 31.8 Å². The second-order valence-corrected chi connectivity index (χ2v) is 3.12. The molecule has 0 radical (unpaired) electrons. The molecule has 0 atom stereocenters. The molecule has 90 valence electrons. The fraction of sp³-hybridized carbons (Fsp3) is 0.250. The molecule has 0 spiro atoms. The lowest BCUT2D eigenvalue weighted by atomic mass is 10.1. The van der Waals surface area contributed by atoms with Gasteiger partial charge < -0.3 is 19.9 Å². The molecule has 0 saturated heterocycles. The zero-order valence-electron chi connectivity index (χ0n) is 9.61. The molecule has 5 nitrogen and oxygen atoms in total. The summed E-state index contributed by atoms with van der Waals surface area (Å²) in [7, 11) is 2.92. The summed E-state index contributed by atoms with van der Waals surface area (Å²) in [5.41, 5.74) is 0.478. The number of carbonyl (C=O) groups is 1. The lowest BCUT2D eigenvalue weighted by Crippen LogP contribution is -2.07. The Morgan fingerprint density at radius 1 is 1.41 bits per heavy atom. The van der Waals surface area contributed by atoms with Crippen molar-refractivity contribution in [1.29, 1.82) is 0 Å². The van der Waals surface area contributed by atoms with E-state index >= 15 is 0 Å². The zero-order valence-corrected chi connectivity index (χ0v) is 9.61. The Balaban J connectivity index is 3.25. The normalized spacial score (nSPS) is 9.24. The number of benzene rings is 1. The SMILES string of the molecule is C#CCNc1cc(OC)c(OC)cc1C(=O)O. The van der Waals surface area contributed by atoms with Gasteiger partial charge in [0, 0.05) is 12.1 Å². The van der Waals surface area contributed by atoms with E-state index in [1.54, 1.807) is 6.07 Å². The topological polar surface area (TPSA) is 67.8 Å². The van der Waals surface area contributed by atoms with E-state index in [-0.39, 0.29) is 12.1 Å². The van der Waals surface area contributed by atoms with Crippen LogP contribution in [0.2, 0.25) is 0 Å². The first-order valence-electron chi connectivity index (χ1n) is 4.80. The molecule has 1 rings (SSSR count). The third-order valence-corrected chi connectivity index (χ3v) is 2.14. The molecular weight excluding hydrogens is 222 g/mol. The van der Waals surface area contributed by atoms with Crippen LogP contribution in [0.4, 0.5) is 5.69 Å². The highest BCUT2D eigenvalue weighted by Crippen LogP contribution is 2.33. The van der Waals surface area contributed by atoms with Crippen molar-refractivity contribution >= 4 is 11.7 Å². The van der Waals surface area contributed by atoms with E-state index in [2.05, 4.69) is 11.2 Å². The molecule has 0 fully saturated rings. The molecular formula is C12H13NO4. The first-order chi connectivity index (χ1) is 8.13. The van der Waals surface area contributed by atoms with Crippen LogP contribution in [0.3, 0.4) is 0 Å². The summed E-state index contributed by atoms with van der Waals surface area (Å²) in [6.07, 6.45) is 5.11. The van der Waals surface area contributed by atoms with E-state index in [1.807, 2.05) is 0 Å². The van der Waals surface area contributed by atoms with Crippen LogP contribution in [0.25, 0.3) is 0 Å². The fourth-order valence-electron chi connectivity index (χ4n) is 1.35. The van der Waals surface area contributed by atoms with E-state index in [0.29, 0.717) is 17.2 Å². The standard InChI is InChI=1S/C12H13NO4/c1-4-5-13-9-7-11(17-3)10(16-2)6-8(9)12(14)15/h1,6-7,13H,5H2,2-3H3,(H,14,15). The van der Waals surface area contributed by atoms with Gasteiger partial charge in [0.1, 0.15) is 0 Å². The number of hydrogen-bond acceptors (Lipinski definition) is 4. The summed E-state index contributed by atoms with van der Waals surface area (Å²) < 4.78 is 10.1. The number of hydrogen-bond donors (Lipinski definition) is 2. The highest BCUT2D eigenvalue weighted by atomic mass is 16.5. The highest BCUT2D eigenvalue weighted by molar-refractivity contribution is 5.95. The average Bonchev–Trinajstić information content (AvgIpc) is 2.34. The number of carboxylic acids is 1. The summed E-state index contributed by atoms with van der Waals surface area (Å²) in [6, 6.07) is 2.93. The van der Waals surface area contributed by atoms with Crippen molar-refractivity contribution in [2.75, 3.05) is 26.1 Å². The van der Waals surface area contributed by atoms with Gasteiger partial charge in [0.2, 0.25) is 0 Å². The number of carboxylic acid groups (broad SMARTS) is 1. The summed E-state index contributed by atoms with van der Waals surface area (Å²) in [5, 5.41) is 11.9. The van der Waals surface area contributed by atoms with E-state index < -0.39 is 5.97 Å². The van der Waals surface area contributed by atoms with Crippen molar-refractivity contribution in [3.05, 3.63) is 17.7 Å². The van der Waals surface area contributed by atoms with Gasteiger partial charge >= 0.3 is 5.97 Å². The Morgan fingerprint density at radius 2 is 2.00 bits per heavy atom. The number of aromatic carboxylic acids is 1. The smallest absolute Gasteiger partial charge is 0.337 e. The molecule has 0 saturated carbocycles. The van der Waals surface area contributed by atoms with Gasteiger partial charge in [-0.1, -0.05) is 5.92 Å². The minimum atomic E-state index is -1.06. The molecule has 0 unspecified atom stereocenters. The van der Waals surface area contributed by atoms with Gasteiger partial charge in [-0.25, -0.2) is 4.79 Å². The lowest BCUT2D eigenvalue weighted by molar-refractivity contribution is 0.0697. The molecule has 0 bridgehead atoms. The number of methoxy groups -OCH3 is 2. The Kier molecular flexibility index (Phi) is 4.23. The van der Waals surface area contributed by atoms with Crippen molar-refractivity contribution in [2.24, 2.45) is 0 Å².